The molecule has 1 saturated carbocycles. The number of carbonyl (C=O) groups is 1. The molecule has 1 aliphatic carbocycles. The zero-order chi connectivity index (χ0) is 11.8. The monoisotopic (exact) mass is 273 g/mol. The second kappa shape index (κ2) is 5.32. The maximum atomic E-state index is 12.3. The summed E-state index contributed by atoms with van der Waals surface area (Å²) < 4.78 is 0. The molecule has 4 radical (unpaired) electrons. The Bertz CT molecular complexity index is 447. The van der Waals surface area contributed by atoms with E-state index in [1.54, 1.807) is 0 Å². The highest BCUT2D eigenvalue weighted by atomic mass is 32.1. The molecule has 1 fully saturated rings. The fourth-order valence-corrected chi connectivity index (χ4v) is 3.29. The van der Waals surface area contributed by atoms with Crippen molar-refractivity contribution < 1.29 is 4.79 Å². The topological polar surface area (TPSA) is 20.3 Å². The van der Waals surface area contributed by atoms with Crippen molar-refractivity contribution in [1.82, 2.24) is 4.90 Å². The summed E-state index contributed by atoms with van der Waals surface area (Å²) in [6, 6.07) is 8.02. The lowest BCUT2D eigenvalue weighted by Crippen LogP contribution is -2.40. The van der Waals surface area contributed by atoms with Crippen LogP contribution < -0.4 is 0 Å². The van der Waals surface area contributed by atoms with Crippen LogP contribution in [0.1, 0.15) is 48.0 Å². The molecule has 0 bridgehead atoms. The van der Waals surface area contributed by atoms with Crippen LogP contribution in [-0.2, 0) is 0 Å². The maximum absolute atomic E-state index is 12.3. The summed E-state index contributed by atoms with van der Waals surface area (Å²) in [5.41, 5.74) is 1.72. The normalized spacial score (nSPS) is 19.7. The van der Waals surface area contributed by atoms with E-state index >= 15 is 0 Å². The summed E-state index contributed by atoms with van der Waals surface area (Å²) in [6.45, 7) is 0. The fraction of sp³-hybridized carbons (Fsp3) is 0.429. The van der Waals surface area contributed by atoms with Crippen LogP contribution in [0.2, 0.25) is 0 Å². The minimum absolute atomic E-state index is 0. The first-order valence-corrected chi connectivity index (χ1v) is 6.67. The number of nitrogens with zero attached hydrogens (tertiary/aromatic N) is 1. The van der Waals surface area contributed by atoms with E-state index in [9.17, 15) is 4.79 Å². The van der Waals surface area contributed by atoms with Gasteiger partial charge in [0.25, 0.3) is 5.91 Å². The SMILES string of the molecule is O=C1c2ccccc2C(=S)N1C1CCCCC1.[Si]. The summed E-state index contributed by atoms with van der Waals surface area (Å²) >= 11 is 5.46. The van der Waals surface area contributed by atoms with Gasteiger partial charge in [-0.15, -0.1) is 0 Å². The number of fused-ring (bicyclic) bond motifs is 1. The highest BCUT2D eigenvalue weighted by molar-refractivity contribution is 7.80. The van der Waals surface area contributed by atoms with E-state index in [0.717, 1.165) is 29.0 Å². The first-order chi connectivity index (χ1) is 8.29. The predicted molar refractivity (Wildman–Crippen MR) is 76.9 cm³/mol. The minimum Gasteiger partial charge on any atom is -0.295 e. The smallest absolute Gasteiger partial charge is 0.259 e. The van der Waals surface area contributed by atoms with Crippen molar-refractivity contribution >= 4 is 34.1 Å². The lowest BCUT2D eigenvalue weighted by atomic mass is 9.94. The molecule has 0 spiro atoms. The van der Waals surface area contributed by atoms with Gasteiger partial charge in [-0.2, -0.15) is 0 Å². The fourth-order valence-electron chi connectivity index (χ4n) is 2.88. The van der Waals surface area contributed by atoms with Crippen molar-refractivity contribution in [1.29, 1.82) is 0 Å². The Morgan fingerprint density at radius 3 is 2.28 bits per heavy atom. The molecule has 92 valence electrons. The average molecular weight is 273 g/mol. The highest BCUT2D eigenvalue weighted by Gasteiger charge is 2.37. The highest BCUT2D eigenvalue weighted by Crippen LogP contribution is 2.31. The molecule has 2 aliphatic rings. The Kier molecular flexibility index (Phi) is 3.97. The molecule has 0 aromatic heterocycles. The maximum Gasteiger partial charge on any atom is 0.259 e. The van der Waals surface area contributed by atoms with Gasteiger partial charge in [0.05, 0.1) is 5.56 Å². The van der Waals surface area contributed by atoms with Gasteiger partial charge in [0.15, 0.2) is 0 Å². The largest absolute Gasteiger partial charge is 0.295 e. The molecule has 0 atom stereocenters. The number of thiocarbonyl (C=S) groups is 1. The molecule has 0 unspecified atom stereocenters. The molecule has 0 saturated heterocycles. The van der Waals surface area contributed by atoms with E-state index < -0.39 is 0 Å². The third kappa shape index (κ3) is 2.04. The van der Waals surface area contributed by atoms with Crippen molar-refractivity contribution in [3.8, 4) is 0 Å². The minimum atomic E-state index is 0. The molecular formula is C14H15NOSSi. The first-order valence-electron chi connectivity index (χ1n) is 6.26. The van der Waals surface area contributed by atoms with Gasteiger partial charge in [-0.1, -0.05) is 49.7 Å². The third-order valence-electron chi connectivity index (χ3n) is 3.77. The number of benzene rings is 1. The van der Waals surface area contributed by atoms with Gasteiger partial charge in [0.1, 0.15) is 4.99 Å². The molecule has 4 heteroatoms. The van der Waals surface area contributed by atoms with Gasteiger partial charge in [0.2, 0.25) is 0 Å². The van der Waals surface area contributed by atoms with Crippen LogP contribution in [0.4, 0.5) is 0 Å². The Morgan fingerprint density at radius 1 is 1.06 bits per heavy atom. The lowest BCUT2D eigenvalue weighted by molar-refractivity contribution is 0.0795. The van der Waals surface area contributed by atoms with E-state index in [1.165, 1.54) is 19.3 Å². The Morgan fingerprint density at radius 2 is 1.67 bits per heavy atom. The number of amides is 1. The molecule has 1 aromatic carbocycles. The molecule has 1 amide bonds. The van der Waals surface area contributed by atoms with Crippen LogP contribution in [0.25, 0.3) is 0 Å². The Hall–Kier alpha value is -1.00. The van der Waals surface area contributed by atoms with Gasteiger partial charge in [-0.25, -0.2) is 0 Å². The standard InChI is InChI=1S/C14H15NOS.Si/c16-13-11-8-4-5-9-12(11)14(17)15(13)10-6-2-1-3-7-10;/h4-5,8-10H,1-3,6-7H2;. The summed E-state index contributed by atoms with van der Waals surface area (Å²) in [4.78, 5) is 14.9. The van der Waals surface area contributed by atoms with Crippen LogP contribution in [0.3, 0.4) is 0 Å². The Labute approximate surface area is 117 Å². The first kappa shape index (κ1) is 13.4. The zero-order valence-electron chi connectivity index (χ0n) is 10.2. The average Bonchev–Trinajstić information content (AvgIpc) is 2.64. The molecule has 3 rings (SSSR count). The third-order valence-corrected chi connectivity index (χ3v) is 4.18. The van der Waals surface area contributed by atoms with Crippen LogP contribution in [0, 0.1) is 0 Å². The summed E-state index contributed by atoms with van der Waals surface area (Å²) in [7, 11) is 0. The van der Waals surface area contributed by atoms with Crippen LogP contribution >= 0.6 is 12.2 Å². The van der Waals surface area contributed by atoms with Crippen molar-refractivity contribution in [2.75, 3.05) is 0 Å². The van der Waals surface area contributed by atoms with E-state index in [4.69, 9.17) is 12.2 Å². The molecule has 1 aromatic rings. The van der Waals surface area contributed by atoms with Crippen molar-refractivity contribution in [3.63, 3.8) is 0 Å². The van der Waals surface area contributed by atoms with Crippen LogP contribution in [0.5, 0.6) is 0 Å². The number of rotatable bonds is 1. The molecule has 0 N–H and O–H groups in total. The lowest BCUT2D eigenvalue weighted by Gasteiger charge is -2.30. The van der Waals surface area contributed by atoms with Crippen molar-refractivity contribution in [2.24, 2.45) is 0 Å². The van der Waals surface area contributed by atoms with Crippen molar-refractivity contribution in [3.05, 3.63) is 35.4 Å². The van der Waals surface area contributed by atoms with Gasteiger partial charge in [0, 0.05) is 22.6 Å². The molecule has 18 heavy (non-hydrogen) atoms. The van der Waals surface area contributed by atoms with Gasteiger partial charge >= 0.3 is 0 Å². The summed E-state index contributed by atoms with van der Waals surface area (Å²) in [6.07, 6.45) is 5.92. The second-order valence-electron chi connectivity index (χ2n) is 4.82. The molecular weight excluding hydrogens is 258 g/mol. The number of hydrogen-bond acceptors (Lipinski definition) is 2. The van der Waals surface area contributed by atoms with E-state index in [0.29, 0.717) is 6.04 Å². The Balaban J connectivity index is 0.00000120. The predicted octanol–water partition coefficient (Wildman–Crippen LogP) is 2.77. The van der Waals surface area contributed by atoms with Crippen molar-refractivity contribution in [2.45, 2.75) is 38.1 Å². The molecule has 1 heterocycles. The quantitative estimate of drug-likeness (QED) is 0.579. The van der Waals surface area contributed by atoms with E-state index in [2.05, 4.69) is 0 Å². The van der Waals surface area contributed by atoms with Crippen LogP contribution in [-0.4, -0.2) is 32.8 Å². The van der Waals surface area contributed by atoms with E-state index in [-0.39, 0.29) is 16.9 Å². The second-order valence-corrected chi connectivity index (χ2v) is 5.20. The number of hydrogen-bond donors (Lipinski definition) is 0. The molecule has 2 nitrogen and oxygen atoms in total. The zero-order valence-corrected chi connectivity index (χ0v) is 12.0. The molecule has 1 aliphatic heterocycles. The number of carbonyl (C=O) groups excluding carboxylic acids is 1. The van der Waals surface area contributed by atoms with Gasteiger partial charge in [-0.05, 0) is 18.9 Å². The summed E-state index contributed by atoms with van der Waals surface area (Å²) in [5.74, 6) is 0.109. The summed E-state index contributed by atoms with van der Waals surface area (Å²) in [5, 5.41) is 0. The van der Waals surface area contributed by atoms with Crippen LogP contribution in [0.15, 0.2) is 24.3 Å². The van der Waals surface area contributed by atoms with Gasteiger partial charge in [-0.3, -0.25) is 9.69 Å². The van der Waals surface area contributed by atoms with Gasteiger partial charge < -0.3 is 0 Å². The van der Waals surface area contributed by atoms with E-state index in [1.807, 2.05) is 29.2 Å².